The molecule has 0 unspecified atom stereocenters. The summed E-state index contributed by atoms with van der Waals surface area (Å²) in [5.41, 5.74) is 5.97. The number of halogens is 1. The van der Waals surface area contributed by atoms with E-state index >= 15 is 0 Å². The molecule has 0 heterocycles. The van der Waals surface area contributed by atoms with Gasteiger partial charge in [-0.15, -0.1) is 0 Å². The molecule has 1 aromatic rings. The Morgan fingerprint density at radius 3 is 2.81 bits per heavy atom. The minimum Gasteiger partial charge on any atom is -0.352 e. The predicted molar refractivity (Wildman–Crippen MR) is 59.0 cm³/mol. The average molecular weight is 222 g/mol. The Kier molecular flexibility index (Phi) is 2.92. The van der Waals surface area contributed by atoms with Crippen LogP contribution in [0, 0.1) is 11.2 Å². The lowest BCUT2D eigenvalue weighted by molar-refractivity contribution is -0.126. The summed E-state index contributed by atoms with van der Waals surface area (Å²) in [6.45, 7) is 0.750. The predicted octanol–water partition coefficient (Wildman–Crippen LogP) is 1.18. The van der Waals surface area contributed by atoms with Gasteiger partial charge in [0.15, 0.2) is 0 Å². The Morgan fingerprint density at radius 1 is 1.50 bits per heavy atom. The van der Waals surface area contributed by atoms with E-state index in [1.165, 1.54) is 12.1 Å². The summed E-state index contributed by atoms with van der Waals surface area (Å²) in [6, 6.07) is 6.22. The zero-order valence-electron chi connectivity index (χ0n) is 9.00. The first-order valence-corrected chi connectivity index (χ1v) is 5.39. The van der Waals surface area contributed by atoms with E-state index in [0.29, 0.717) is 13.1 Å². The molecular formula is C12H15FN2O. The minimum absolute atomic E-state index is 0.0146. The molecule has 1 amide bonds. The standard InChI is InChI=1S/C12H15FN2O/c13-10-3-1-2-9(6-10)7-15-11(16)12(8-14)4-5-12/h1-3,6H,4-5,7-8,14H2,(H,15,16). The topological polar surface area (TPSA) is 55.1 Å². The van der Waals surface area contributed by atoms with Gasteiger partial charge in [0.25, 0.3) is 0 Å². The van der Waals surface area contributed by atoms with Crippen LogP contribution < -0.4 is 11.1 Å². The van der Waals surface area contributed by atoms with Crippen LogP contribution in [0.4, 0.5) is 4.39 Å². The van der Waals surface area contributed by atoms with E-state index in [-0.39, 0.29) is 17.1 Å². The second-order valence-corrected chi connectivity index (χ2v) is 4.30. The van der Waals surface area contributed by atoms with Crippen molar-refractivity contribution in [2.24, 2.45) is 11.1 Å². The Labute approximate surface area is 93.8 Å². The Hall–Kier alpha value is -1.42. The third-order valence-electron chi connectivity index (χ3n) is 3.07. The van der Waals surface area contributed by atoms with Crippen LogP contribution in [-0.2, 0) is 11.3 Å². The van der Waals surface area contributed by atoms with Crippen LogP contribution >= 0.6 is 0 Å². The van der Waals surface area contributed by atoms with Crippen LogP contribution in [0.1, 0.15) is 18.4 Å². The lowest BCUT2D eigenvalue weighted by Crippen LogP contribution is -2.36. The van der Waals surface area contributed by atoms with Crippen molar-refractivity contribution >= 4 is 5.91 Å². The van der Waals surface area contributed by atoms with Crippen molar-refractivity contribution in [3.63, 3.8) is 0 Å². The third-order valence-corrected chi connectivity index (χ3v) is 3.07. The summed E-state index contributed by atoms with van der Waals surface area (Å²) in [4.78, 5) is 11.7. The number of nitrogens with one attached hydrogen (secondary N) is 1. The van der Waals surface area contributed by atoms with Gasteiger partial charge in [0.05, 0.1) is 5.41 Å². The highest BCUT2D eigenvalue weighted by Crippen LogP contribution is 2.44. The molecule has 0 aromatic heterocycles. The number of hydrogen-bond donors (Lipinski definition) is 2. The molecule has 0 saturated heterocycles. The number of rotatable bonds is 4. The second kappa shape index (κ2) is 4.22. The molecule has 0 radical (unpaired) electrons. The van der Waals surface area contributed by atoms with Crippen LogP contribution in [-0.4, -0.2) is 12.5 Å². The highest BCUT2D eigenvalue weighted by molar-refractivity contribution is 5.85. The summed E-state index contributed by atoms with van der Waals surface area (Å²) in [6.07, 6.45) is 1.72. The van der Waals surface area contributed by atoms with Crippen molar-refractivity contribution in [1.82, 2.24) is 5.32 Å². The molecule has 4 heteroatoms. The highest BCUT2D eigenvalue weighted by atomic mass is 19.1. The molecule has 1 aliphatic carbocycles. The van der Waals surface area contributed by atoms with Gasteiger partial charge in [0.2, 0.25) is 5.91 Å². The molecule has 0 bridgehead atoms. The van der Waals surface area contributed by atoms with Gasteiger partial charge in [-0.3, -0.25) is 4.79 Å². The maximum Gasteiger partial charge on any atom is 0.227 e. The summed E-state index contributed by atoms with van der Waals surface area (Å²) in [5.74, 6) is -0.300. The first-order valence-electron chi connectivity index (χ1n) is 5.39. The molecule has 1 saturated carbocycles. The normalized spacial score (nSPS) is 16.9. The molecule has 3 nitrogen and oxygen atoms in total. The minimum atomic E-state index is -0.340. The van der Waals surface area contributed by atoms with Gasteiger partial charge in [0, 0.05) is 13.1 Å². The van der Waals surface area contributed by atoms with Crippen molar-refractivity contribution in [3.8, 4) is 0 Å². The van der Waals surface area contributed by atoms with Gasteiger partial charge in [-0.2, -0.15) is 0 Å². The van der Waals surface area contributed by atoms with Crippen LogP contribution in [0.5, 0.6) is 0 Å². The highest BCUT2D eigenvalue weighted by Gasteiger charge is 2.48. The number of amides is 1. The van der Waals surface area contributed by atoms with E-state index in [1.807, 2.05) is 0 Å². The molecule has 1 aromatic carbocycles. The summed E-state index contributed by atoms with van der Waals surface area (Å²) >= 11 is 0. The molecule has 1 aliphatic rings. The first-order chi connectivity index (χ1) is 7.66. The van der Waals surface area contributed by atoms with Crippen molar-refractivity contribution < 1.29 is 9.18 Å². The number of carbonyl (C=O) groups is 1. The molecule has 3 N–H and O–H groups in total. The number of hydrogen-bond acceptors (Lipinski definition) is 2. The van der Waals surface area contributed by atoms with E-state index in [0.717, 1.165) is 18.4 Å². The zero-order chi connectivity index (χ0) is 11.6. The third kappa shape index (κ3) is 2.22. The van der Waals surface area contributed by atoms with Crippen molar-refractivity contribution in [2.45, 2.75) is 19.4 Å². The molecule has 0 spiro atoms. The molecule has 86 valence electrons. The summed E-state index contributed by atoms with van der Waals surface area (Å²) < 4.78 is 12.9. The summed E-state index contributed by atoms with van der Waals surface area (Å²) in [7, 11) is 0. The van der Waals surface area contributed by atoms with Crippen molar-refractivity contribution in [2.75, 3.05) is 6.54 Å². The van der Waals surface area contributed by atoms with Crippen molar-refractivity contribution in [1.29, 1.82) is 0 Å². The van der Waals surface area contributed by atoms with Crippen LogP contribution in [0.15, 0.2) is 24.3 Å². The fraction of sp³-hybridized carbons (Fsp3) is 0.417. The smallest absolute Gasteiger partial charge is 0.227 e. The fourth-order valence-corrected chi connectivity index (χ4v) is 1.69. The monoisotopic (exact) mass is 222 g/mol. The maximum absolute atomic E-state index is 12.9. The SMILES string of the molecule is NCC1(C(=O)NCc2cccc(F)c2)CC1. The largest absolute Gasteiger partial charge is 0.352 e. The Balaban J connectivity index is 1.90. The summed E-state index contributed by atoms with van der Waals surface area (Å²) in [5, 5.41) is 2.79. The van der Waals surface area contributed by atoms with Crippen molar-refractivity contribution in [3.05, 3.63) is 35.6 Å². The quantitative estimate of drug-likeness (QED) is 0.803. The van der Waals surface area contributed by atoms with Gasteiger partial charge in [0.1, 0.15) is 5.82 Å². The lowest BCUT2D eigenvalue weighted by atomic mass is 10.1. The first kappa shape index (κ1) is 11.1. The number of benzene rings is 1. The molecule has 0 aliphatic heterocycles. The second-order valence-electron chi connectivity index (χ2n) is 4.30. The van der Waals surface area contributed by atoms with Crippen LogP contribution in [0.2, 0.25) is 0 Å². The van der Waals surface area contributed by atoms with Gasteiger partial charge in [-0.05, 0) is 30.5 Å². The average Bonchev–Trinajstić information content (AvgIpc) is 3.07. The lowest BCUT2D eigenvalue weighted by Gasteiger charge is -2.12. The van der Waals surface area contributed by atoms with E-state index in [2.05, 4.69) is 5.32 Å². The Morgan fingerprint density at radius 2 is 2.25 bits per heavy atom. The van der Waals surface area contributed by atoms with Crippen LogP contribution in [0.3, 0.4) is 0 Å². The van der Waals surface area contributed by atoms with E-state index in [4.69, 9.17) is 5.73 Å². The van der Waals surface area contributed by atoms with Gasteiger partial charge < -0.3 is 11.1 Å². The van der Waals surface area contributed by atoms with Gasteiger partial charge in [-0.1, -0.05) is 12.1 Å². The molecule has 1 fully saturated rings. The van der Waals surface area contributed by atoms with Gasteiger partial charge in [-0.25, -0.2) is 4.39 Å². The molecule has 2 rings (SSSR count). The van der Waals surface area contributed by atoms with E-state index < -0.39 is 0 Å². The molecule has 0 atom stereocenters. The molecular weight excluding hydrogens is 207 g/mol. The Bertz CT molecular complexity index is 402. The fourth-order valence-electron chi connectivity index (χ4n) is 1.69. The van der Waals surface area contributed by atoms with E-state index in [1.54, 1.807) is 12.1 Å². The number of carbonyl (C=O) groups excluding carboxylic acids is 1. The molecule has 16 heavy (non-hydrogen) atoms. The van der Waals surface area contributed by atoms with Crippen LogP contribution in [0.25, 0.3) is 0 Å². The number of nitrogens with two attached hydrogens (primary N) is 1. The van der Waals surface area contributed by atoms with Gasteiger partial charge >= 0.3 is 0 Å². The zero-order valence-corrected chi connectivity index (χ0v) is 9.00. The maximum atomic E-state index is 12.9. The van der Waals surface area contributed by atoms with E-state index in [9.17, 15) is 9.18 Å².